The fourth-order valence-electron chi connectivity index (χ4n) is 4.04. The number of methoxy groups -OCH3 is 3. The first-order chi connectivity index (χ1) is 11.7. The maximum atomic E-state index is 6.26. The van der Waals surface area contributed by atoms with Crippen molar-refractivity contribution in [1.29, 1.82) is 0 Å². The van der Waals surface area contributed by atoms with Crippen molar-refractivity contribution < 1.29 is 37.9 Å². The van der Waals surface area contributed by atoms with E-state index in [1.807, 2.05) is 27.7 Å². The van der Waals surface area contributed by atoms with Gasteiger partial charge in [0.05, 0.1) is 13.2 Å². The summed E-state index contributed by atoms with van der Waals surface area (Å²) in [6.07, 6.45) is -2.06. The molecule has 0 unspecified atom stereocenters. The van der Waals surface area contributed by atoms with Gasteiger partial charge in [-0.2, -0.15) is 0 Å². The Bertz CT molecular complexity index is 481. The Morgan fingerprint density at radius 2 is 1.68 bits per heavy atom. The summed E-state index contributed by atoms with van der Waals surface area (Å²) in [6.45, 7) is 8.09. The zero-order valence-corrected chi connectivity index (χ0v) is 16.1. The molecule has 0 bridgehead atoms. The molecule has 0 aromatic carbocycles. The van der Waals surface area contributed by atoms with Crippen LogP contribution < -0.4 is 0 Å². The van der Waals surface area contributed by atoms with Crippen LogP contribution in [-0.4, -0.2) is 82.4 Å². The van der Waals surface area contributed by atoms with E-state index >= 15 is 0 Å². The summed E-state index contributed by atoms with van der Waals surface area (Å²) in [7, 11) is 4.81. The Morgan fingerprint density at radius 3 is 2.28 bits per heavy atom. The second-order valence-electron chi connectivity index (χ2n) is 7.60. The Labute approximate surface area is 148 Å². The van der Waals surface area contributed by atoms with Gasteiger partial charge in [-0.1, -0.05) is 0 Å². The molecule has 0 N–H and O–H groups in total. The average Bonchev–Trinajstić information content (AvgIpc) is 2.98. The van der Waals surface area contributed by atoms with Gasteiger partial charge in [0.25, 0.3) is 0 Å². The van der Waals surface area contributed by atoms with Crippen LogP contribution in [0.25, 0.3) is 0 Å². The predicted molar refractivity (Wildman–Crippen MR) is 86.0 cm³/mol. The monoisotopic (exact) mass is 362 g/mol. The van der Waals surface area contributed by atoms with Gasteiger partial charge >= 0.3 is 0 Å². The van der Waals surface area contributed by atoms with E-state index in [9.17, 15) is 0 Å². The topological polar surface area (TPSA) is 73.8 Å². The first-order valence-corrected chi connectivity index (χ1v) is 8.60. The molecule has 0 radical (unpaired) electrons. The van der Waals surface area contributed by atoms with E-state index in [0.717, 1.165) is 0 Å². The minimum absolute atomic E-state index is 0.230. The quantitative estimate of drug-likeness (QED) is 0.695. The molecule has 25 heavy (non-hydrogen) atoms. The van der Waals surface area contributed by atoms with Gasteiger partial charge in [-0.25, -0.2) is 0 Å². The molecule has 3 fully saturated rings. The van der Waals surface area contributed by atoms with Gasteiger partial charge < -0.3 is 37.9 Å². The van der Waals surface area contributed by atoms with Crippen molar-refractivity contribution in [2.45, 2.75) is 75.6 Å². The third-order valence-electron chi connectivity index (χ3n) is 4.83. The molecule has 0 aliphatic carbocycles. The van der Waals surface area contributed by atoms with Crippen molar-refractivity contribution in [3.8, 4) is 0 Å². The second kappa shape index (κ2) is 6.69. The fraction of sp³-hybridized carbons (Fsp3) is 1.00. The van der Waals surface area contributed by atoms with Crippen molar-refractivity contribution in [1.82, 2.24) is 0 Å². The molecule has 6 atom stereocenters. The Balaban J connectivity index is 1.96. The number of ether oxygens (including phenoxy) is 8. The van der Waals surface area contributed by atoms with Crippen LogP contribution in [0.1, 0.15) is 27.7 Å². The Kier molecular flexibility index (Phi) is 5.20. The van der Waals surface area contributed by atoms with Crippen molar-refractivity contribution >= 4 is 0 Å². The Morgan fingerprint density at radius 1 is 0.960 bits per heavy atom. The molecule has 3 saturated heterocycles. The normalized spacial score (nSPS) is 41.2. The molecule has 0 aromatic heterocycles. The van der Waals surface area contributed by atoms with Crippen LogP contribution in [0.15, 0.2) is 0 Å². The van der Waals surface area contributed by atoms with E-state index in [4.69, 9.17) is 37.9 Å². The summed E-state index contributed by atoms with van der Waals surface area (Å²) in [4.78, 5) is 0. The van der Waals surface area contributed by atoms with Crippen LogP contribution in [-0.2, 0) is 37.9 Å². The highest BCUT2D eigenvalue weighted by Gasteiger charge is 2.69. The maximum Gasteiger partial charge on any atom is 0.230 e. The van der Waals surface area contributed by atoms with E-state index in [2.05, 4.69) is 0 Å². The molecular formula is C17H30O8. The second-order valence-corrected chi connectivity index (χ2v) is 7.60. The van der Waals surface area contributed by atoms with Crippen molar-refractivity contribution in [2.75, 3.05) is 34.5 Å². The molecule has 8 heteroatoms. The van der Waals surface area contributed by atoms with E-state index < -0.39 is 35.7 Å². The van der Waals surface area contributed by atoms with Gasteiger partial charge in [-0.05, 0) is 27.7 Å². The minimum Gasteiger partial charge on any atom is -0.382 e. The van der Waals surface area contributed by atoms with Crippen molar-refractivity contribution in [2.24, 2.45) is 0 Å². The molecule has 3 rings (SSSR count). The Hall–Kier alpha value is -0.320. The summed E-state index contributed by atoms with van der Waals surface area (Å²) in [5.74, 6) is -2.75. The number of fused-ring (bicyclic) bond motifs is 3. The van der Waals surface area contributed by atoms with Gasteiger partial charge in [-0.3, -0.25) is 0 Å². The number of rotatable bonds is 6. The first kappa shape index (κ1) is 19.4. The minimum atomic E-state index is -1.18. The van der Waals surface area contributed by atoms with Crippen molar-refractivity contribution in [3.63, 3.8) is 0 Å². The molecule has 0 spiro atoms. The van der Waals surface area contributed by atoms with Gasteiger partial charge in [0, 0.05) is 21.3 Å². The molecule has 3 aliphatic rings. The summed E-state index contributed by atoms with van der Waals surface area (Å²) in [6, 6.07) is 0. The smallest absolute Gasteiger partial charge is 0.230 e. The largest absolute Gasteiger partial charge is 0.382 e. The van der Waals surface area contributed by atoms with Gasteiger partial charge in [0.1, 0.15) is 30.5 Å². The van der Waals surface area contributed by atoms with Crippen LogP contribution in [0.5, 0.6) is 0 Å². The van der Waals surface area contributed by atoms with Crippen LogP contribution in [0.4, 0.5) is 0 Å². The van der Waals surface area contributed by atoms with Crippen molar-refractivity contribution in [3.05, 3.63) is 0 Å². The van der Waals surface area contributed by atoms with Gasteiger partial charge in [-0.15, -0.1) is 0 Å². The molecule has 3 aliphatic heterocycles. The molecule has 0 amide bonds. The van der Waals surface area contributed by atoms with Crippen LogP contribution in [0.3, 0.4) is 0 Å². The zero-order valence-electron chi connectivity index (χ0n) is 16.1. The summed E-state index contributed by atoms with van der Waals surface area (Å²) < 4.78 is 47.3. The molecular weight excluding hydrogens is 332 g/mol. The first-order valence-electron chi connectivity index (χ1n) is 8.60. The summed E-state index contributed by atoms with van der Waals surface area (Å²) >= 11 is 0. The van der Waals surface area contributed by atoms with Crippen LogP contribution >= 0.6 is 0 Å². The lowest BCUT2D eigenvalue weighted by Gasteiger charge is -2.46. The van der Waals surface area contributed by atoms with E-state index in [1.54, 1.807) is 21.3 Å². The summed E-state index contributed by atoms with van der Waals surface area (Å²) in [5, 5.41) is 0. The molecule has 8 nitrogen and oxygen atoms in total. The average molecular weight is 362 g/mol. The standard InChI is InChI=1S/C17H30O8/c1-15(2)22-10-9-21-17(13(20-7)11(19-6)8-18-5)14(12(10)23-15)24-16(3,4)25-17/h10-14H,8-9H2,1-7H3/t10-,11+,12-,13+,14+,17+/m1/s1. The summed E-state index contributed by atoms with van der Waals surface area (Å²) in [5.41, 5.74) is 0. The van der Waals surface area contributed by atoms with Gasteiger partial charge in [0.15, 0.2) is 11.6 Å². The molecule has 0 saturated carbocycles. The highest BCUT2D eigenvalue weighted by atomic mass is 16.9. The molecule has 3 heterocycles. The number of hydrogen-bond acceptors (Lipinski definition) is 8. The molecule has 0 aromatic rings. The zero-order chi connectivity index (χ0) is 18.5. The lowest BCUT2D eigenvalue weighted by atomic mass is 9.90. The fourth-order valence-corrected chi connectivity index (χ4v) is 4.04. The lowest BCUT2D eigenvalue weighted by molar-refractivity contribution is -0.336. The number of hydrogen-bond donors (Lipinski definition) is 0. The SMILES string of the molecule is COC[C@H](OC)[C@H](OC)[C@@]12OC[C@H]3OC(C)(C)O[C@H]3[C@@H]1OC(C)(C)O2. The van der Waals surface area contributed by atoms with E-state index in [1.165, 1.54) is 0 Å². The van der Waals surface area contributed by atoms with Crippen LogP contribution in [0, 0.1) is 0 Å². The third kappa shape index (κ3) is 3.35. The highest BCUT2D eigenvalue weighted by Crippen LogP contribution is 2.50. The van der Waals surface area contributed by atoms with E-state index in [-0.39, 0.29) is 12.2 Å². The van der Waals surface area contributed by atoms with E-state index in [0.29, 0.717) is 13.2 Å². The molecule has 146 valence electrons. The maximum absolute atomic E-state index is 6.26. The lowest BCUT2D eigenvalue weighted by Crippen LogP contribution is -2.67. The third-order valence-corrected chi connectivity index (χ3v) is 4.83. The predicted octanol–water partition coefficient (Wildman–Crippen LogP) is 1.06. The highest BCUT2D eigenvalue weighted by molar-refractivity contribution is 5.08. The van der Waals surface area contributed by atoms with Gasteiger partial charge in [0.2, 0.25) is 5.79 Å². The van der Waals surface area contributed by atoms with Crippen LogP contribution in [0.2, 0.25) is 0 Å².